The molecular weight excluding hydrogens is 394 g/mol. The second-order valence-electron chi connectivity index (χ2n) is 7.50. The number of anilines is 1. The van der Waals surface area contributed by atoms with Crippen molar-refractivity contribution in [3.05, 3.63) is 53.3 Å². The number of nitrogens with one attached hydrogen (secondary N) is 2. The zero-order valence-electron chi connectivity index (χ0n) is 17.0. The average molecular weight is 418 g/mol. The monoisotopic (exact) mass is 417 g/mol. The summed E-state index contributed by atoms with van der Waals surface area (Å²) < 4.78 is 6.49. The van der Waals surface area contributed by atoms with Gasteiger partial charge in [-0.1, -0.05) is 6.58 Å². The van der Waals surface area contributed by atoms with E-state index in [2.05, 4.69) is 52.3 Å². The van der Waals surface area contributed by atoms with E-state index < -0.39 is 0 Å². The topological polar surface area (TPSA) is 72.0 Å². The second-order valence-corrected chi connectivity index (χ2v) is 8.63. The molecule has 6 nitrogen and oxygen atoms in total. The van der Waals surface area contributed by atoms with Crippen LogP contribution < -0.4 is 10.6 Å². The minimum atomic E-state index is 0.349. The fourth-order valence-electron chi connectivity index (χ4n) is 3.85. The largest absolute Gasteiger partial charge is 0.382 e. The lowest BCUT2D eigenvalue weighted by Gasteiger charge is -2.10. The van der Waals surface area contributed by atoms with E-state index in [9.17, 15) is 0 Å². The molecule has 3 aromatic heterocycles. The molecule has 1 aliphatic heterocycles. The molecule has 4 heterocycles. The van der Waals surface area contributed by atoms with E-state index in [1.807, 2.05) is 23.5 Å². The van der Waals surface area contributed by atoms with Crippen molar-refractivity contribution in [2.75, 3.05) is 19.0 Å². The molecule has 0 amide bonds. The van der Waals surface area contributed by atoms with E-state index in [-0.39, 0.29) is 0 Å². The molecule has 0 unspecified atom stereocenters. The Labute approximate surface area is 179 Å². The predicted molar refractivity (Wildman–Crippen MR) is 124 cm³/mol. The molecular formula is C23H23N5OS. The van der Waals surface area contributed by atoms with Crippen LogP contribution in [-0.4, -0.2) is 34.6 Å². The van der Waals surface area contributed by atoms with Crippen LogP contribution in [-0.2, 0) is 17.9 Å². The quantitative estimate of drug-likeness (QED) is 0.506. The molecule has 30 heavy (non-hydrogen) atoms. The fraction of sp³-hybridized carbons (Fsp3) is 0.261. The Morgan fingerprint density at radius 3 is 2.93 bits per heavy atom. The summed E-state index contributed by atoms with van der Waals surface area (Å²) in [6, 6.07) is 10.8. The Bertz CT molecular complexity index is 1270. The van der Waals surface area contributed by atoms with Crippen molar-refractivity contribution >= 4 is 44.1 Å². The summed E-state index contributed by atoms with van der Waals surface area (Å²) in [5.41, 5.74) is 4.55. The molecule has 0 spiro atoms. The predicted octanol–water partition coefficient (Wildman–Crippen LogP) is 4.60. The molecule has 0 saturated heterocycles. The van der Waals surface area contributed by atoms with Gasteiger partial charge in [0.05, 0.1) is 28.3 Å². The summed E-state index contributed by atoms with van der Waals surface area (Å²) in [4.78, 5) is 15.3. The van der Waals surface area contributed by atoms with Crippen LogP contribution >= 0.6 is 11.3 Å². The van der Waals surface area contributed by atoms with Gasteiger partial charge in [-0.15, -0.1) is 11.3 Å². The van der Waals surface area contributed by atoms with Gasteiger partial charge in [0, 0.05) is 46.6 Å². The van der Waals surface area contributed by atoms with Crippen LogP contribution in [0.2, 0.25) is 0 Å². The van der Waals surface area contributed by atoms with Gasteiger partial charge in [-0.25, -0.2) is 15.0 Å². The first-order valence-electron chi connectivity index (χ1n) is 9.98. The summed E-state index contributed by atoms with van der Waals surface area (Å²) in [5.74, 6) is 0.622. The normalized spacial score (nSPS) is 16.3. The van der Waals surface area contributed by atoms with Crippen LogP contribution in [0.4, 0.5) is 5.69 Å². The standard InChI is InChI=1S/C23H23N5OS/c1-4-14-9-18(28-21(26-14)12-29-3)17-6-5-15-16(27-17)7-8-19-22(15)23-20(30-19)11-24-13(2)10-25-23/h4-9,13,24-25H,1,10-12H2,2-3H3/t13-/m1/s1. The van der Waals surface area contributed by atoms with Crippen LogP contribution in [0.25, 0.3) is 38.5 Å². The lowest BCUT2D eigenvalue weighted by molar-refractivity contribution is 0.178. The Balaban J connectivity index is 1.65. The van der Waals surface area contributed by atoms with Gasteiger partial charge in [0.2, 0.25) is 0 Å². The number of pyridine rings is 1. The van der Waals surface area contributed by atoms with Gasteiger partial charge >= 0.3 is 0 Å². The maximum absolute atomic E-state index is 5.21. The van der Waals surface area contributed by atoms with Gasteiger partial charge in [-0.3, -0.25) is 0 Å². The van der Waals surface area contributed by atoms with Crippen molar-refractivity contribution < 1.29 is 4.74 Å². The molecule has 1 aliphatic rings. The summed E-state index contributed by atoms with van der Waals surface area (Å²) in [6.07, 6.45) is 1.72. The molecule has 2 N–H and O–H groups in total. The number of nitrogens with zero attached hydrogens (tertiary/aromatic N) is 3. The molecule has 4 aromatic rings. The minimum absolute atomic E-state index is 0.349. The zero-order valence-corrected chi connectivity index (χ0v) is 17.8. The third-order valence-corrected chi connectivity index (χ3v) is 6.48. The van der Waals surface area contributed by atoms with Crippen molar-refractivity contribution in [3.63, 3.8) is 0 Å². The van der Waals surface area contributed by atoms with Crippen molar-refractivity contribution in [1.82, 2.24) is 20.3 Å². The molecule has 7 heteroatoms. The number of methoxy groups -OCH3 is 1. The van der Waals surface area contributed by atoms with Gasteiger partial charge < -0.3 is 15.4 Å². The first-order chi connectivity index (χ1) is 14.7. The number of thiophene rings is 1. The highest BCUT2D eigenvalue weighted by Crippen LogP contribution is 2.41. The first-order valence-corrected chi connectivity index (χ1v) is 10.8. The molecule has 152 valence electrons. The first kappa shape index (κ1) is 19.1. The molecule has 0 fully saturated rings. The summed E-state index contributed by atoms with van der Waals surface area (Å²) in [6.45, 7) is 8.19. The van der Waals surface area contributed by atoms with E-state index in [1.54, 1.807) is 13.2 Å². The second kappa shape index (κ2) is 7.75. The highest BCUT2D eigenvalue weighted by molar-refractivity contribution is 7.20. The molecule has 0 saturated carbocycles. The number of benzene rings is 1. The highest BCUT2D eigenvalue weighted by atomic mass is 32.1. The van der Waals surface area contributed by atoms with Gasteiger partial charge in [0.25, 0.3) is 0 Å². The number of rotatable bonds is 4. The summed E-state index contributed by atoms with van der Waals surface area (Å²) in [5, 5.41) is 9.63. The zero-order chi connectivity index (χ0) is 20.7. The number of hydrogen-bond acceptors (Lipinski definition) is 7. The molecule has 0 radical (unpaired) electrons. The van der Waals surface area contributed by atoms with Crippen molar-refractivity contribution in [2.45, 2.75) is 26.1 Å². The van der Waals surface area contributed by atoms with Crippen LogP contribution in [0, 0.1) is 0 Å². The fourth-order valence-corrected chi connectivity index (χ4v) is 4.99. The Morgan fingerprint density at radius 2 is 2.10 bits per heavy atom. The summed E-state index contributed by atoms with van der Waals surface area (Å²) in [7, 11) is 1.64. The maximum atomic E-state index is 5.21. The Hall–Kier alpha value is -2.87. The lowest BCUT2D eigenvalue weighted by Crippen LogP contribution is -2.29. The molecule has 5 rings (SSSR count). The van der Waals surface area contributed by atoms with Crippen molar-refractivity contribution in [1.29, 1.82) is 0 Å². The number of ether oxygens (including phenoxy) is 1. The van der Waals surface area contributed by atoms with E-state index in [0.29, 0.717) is 18.5 Å². The van der Waals surface area contributed by atoms with E-state index in [4.69, 9.17) is 9.72 Å². The number of aromatic nitrogens is 3. The van der Waals surface area contributed by atoms with Gasteiger partial charge in [0.15, 0.2) is 5.82 Å². The Kier molecular flexibility index (Phi) is 4.94. The van der Waals surface area contributed by atoms with Gasteiger partial charge in [-0.05, 0) is 43.3 Å². The lowest BCUT2D eigenvalue weighted by atomic mass is 10.1. The smallest absolute Gasteiger partial charge is 0.155 e. The number of hydrogen-bond donors (Lipinski definition) is 2. The van der Waals surface area contributed by atoms with E-state index in [0.717, 1.165) is 41.1 Å². The minimum Gasteiger partial charge on any atom is -0.382 e. The van der Waals surface area contributed by atoms with Crippen LogP contribution in [0.1, 0.15) is 23.3 Å². The van der Waals surface area contributed by atoms with Crippen LogP contribution in [0.5, 0.6) is 0 Å². The molecule has 1 aromatic carbocycles. The third-order valence-electron chi connectivity index (χ3n) is 5.33. The maximum Gasteiger partial charge on any atom is 0.155 e. The highest BCUT2D eigenvalue weighted by Gasteiger charge is 2.19. The van der Waals surface area contributed by atoms with Gasteiger partial charge in [0.1, 0.15) is 6.61 Å². The average Bonchev–Trinajstić information content (AvgIpc) is 3.03. The SMILES string of the molecule is C=Cc1cc(-c2ccc3c(ccc4sc5c(c43)NC[C@@H](C)NC5)n2)nc(COC)n1. The summed E-state index contributed by atoms with van der Waals surface area (Å²) >= 11 is 1.84. The van der Waals surface area contributed by atoms with Crippen LogP contribution in [0.15, 0.2) is 36.9 Å². The molecule has 0 bridgehead atoms. The van der Waals surface area contributed by atoms with E-state index >= 15 is 0 Å². The Morgan fingerprint density at radius 1 is 1.20 bits per heavy atom. The van der Waals surface area contributed by atoms with E-state index in [1.165, 1.54) is 20.7 Å². The third kappa shape index (κ3) is 3.35. The number of fused-ring (bicyclic) bond motifs is 5. The van der Waals surface area contributed by atoms with Crippen molar-refractivity contribution in [2.24, 2.45) is 0 Å². The molecule has 0 aliphatic carbocycles. The van der Waals surface area contributed by atoms with Crippen LogP contribution in [0.3, 0.4) is 0 Å². The molecule has 1 atom stereocenters. The van der Waals surface area contributed by atoms with Crippen molar-refractivity contribution in [3.8, 4) is 11.4 Å². The van der Waals surface area contributed by atoms with Gasteiger partial charge in [-0.2, -0.15) is 0 Å².